The van der Waals surface area contributed by atoms with Crippen molar-refractivity contribution in [3.05, 3.63) is 54.4 Å². The first-order valence-electron chi connectivity index (χ1n) is 5.83. The topological polar surface area (TPSA) is 24.9 Å². The van der Waals surface area contributed by atoms with Crippen LogP contribution >= 0.6 is 0 Å². The fourth-order valence-electron chi connectivity index (χ4n) is 1.66. The Morgan fingerprint density at radius 3 is 2.18 bits per heavy atom. The number of anilines is 2. The lowest BCUT2D eigenvalue weighted by atomic mass is 9.87. The lowest BCUT2D eigenvalue weighted by molar-refractivity contribution is 0.590. The van der Waals surface area contributed by atoms with Crippen LogP contribution in [0.1, 0.15) is 26.3 Å². The van der Waals surface area contributed by atoms with Gasteiger partial charge in [-0.25, -0.2) is 0 Å². The number of rotatable bonds is 2. The highest BCUT2D eigenvalue weighted by molar-refractivity contribution is 5.58. The van der Waals surface area contributed by atoms with Gasteiger partial charge >= 0.3 is 0 Å². The van der Waals surface area contributed by atoms with E-state index in [-0.39, 0.29) is 5.41 Å². The average Bonchev–Trinajstić information content (AvgIpc) is 2.30. The molecule has 0 unspecified atom stereocenters. The third-order valence-corrected chi connectivity index (χ3v) is 2.70. The summed E-state index contributed by atoms with van der Waals surface area (Å²) in [5.41, 5.74) is 3.64. The molecule has 2 nitrogen and oxygen atoms in total. The minimum absolute atomic E-state index is 0.201. The summed E-state index contributed by atoms with van der Waals surface area (Å²) in [7, 11) is 0. The third kappa shape index (κ3) is 3.06. The first-order chi connectivity index (χ1) is 8.05. The Morgan fingerprint density at radius 1 is 0.941 bits per heavy atom. The largest absolute Gasteiger partial charge is 0.354 e. The Hall–Kier alpha value is -1.83. The van der Waals surface area contributed by atoms with Crippen LogP contribution in [0.5, 0.6) is 0 Å². The molecule has 0 fully saturated rings. The minimum atomic E-state index is 0.201. The Morgan fingerprint density at radius 2 is 1.65 bits per heavy atom. The van der Waals surface area contributed by atoms with Crippen molar-refractivity contribution in [3.63, 3.8) is 0 Å². The smallest absolute Gasteiger partial charge is 0.0570 e. The summed E-state index contributed by atoms with van der Waals surface area (Å²) >= 11 is 0. The molecular formula is C15H18N2. The number of hydrogen-bond acceptors (Lipinski definition) is 2. The summed E-state index contributed by atoms with van der Waals surface area (Å²) in [4.78, 5) is 4.08. The van der Waals surface area contributed by atoms with Crippen molar-refractivity contribution in [1.82, 2.24) is 4.98 Å². The van der Waals surface area contributed by atoms with Crippen LogP contribution in [0.2, 0.25) is 0 Å². The van der Waals surface area contributed by atoms with Crippen LogP contribution in [0.3, 0.4) is 0 Å². The normalized spacial score (nSPS) is 11.2. The molecule has 0 radical (unpaired) electrons. The molecule has 2 heteroatoms. The highest BCUT2D eigenvalue weighted by Gasteiger charge is 2.12. The molecule has 0 aliphatic heterocycles. The second-order valence-corrected chi connectivity index (χ2v) is 5.19. The van der Waals surface area contributed by atoms with E-state index in [4.69, 9.17) is 0 Å². The maximum atomic E-state index is 4.08. The fraction of sp³-hybridized carbons (Fsp3) is 0.267. The van der Waals surface area contributed by atoms with Crippen molar-refractivity contribution in [2.24, 2.45) is 0 Å². The fourth-order valence-corrected chi connectivity index (χ4v) is 1.66. The maximum absolute atomic E-state index is 4.08. The van der Waals surface area contributed by atoms with Crippen molar-refractivity contribution < 1.29 is 0 Å². The summed E-state index contributed by atoms with van der Waals surface area (Å²) in [6.45, 7) is 6.66. The van der Waals surface area contributed by atoms with Gasteiger partial charge in [-0.3, -0.25) is 4.98 Å². The second kappa shape index (κ2) is 4.58. The van der Waals surface area contributed by atoms with E-state index in [9.17, 15) is 0 Å². The number of hydrogen-bond donors (Lipinski definition) is 1. The molecule has 0 saturated carbocycles. The van der Waals surface area contributed by atoms with Crippen LogP contribution in [0.25, 0.3) is 0 Å². The van der Waals surface area contributed by atoms with Crippen molar-refractivity contribution >= 4 is 11.4 Å². The van der Waals surface area contributed by atoms with Gasteiger partial charge in [-0.1, -0.05) is 32.9 Å². The van der Waals surface area contributed by atoms with Crippen molar-refractivity contribution in [3.8, 4) is 0 Å². The van der Waals surface area contributed by atoms with Gasteiger partial charge in [0.05, 0.1) is 11.9 Å². The van der Waals surface area contributed by atoms with Crippen LogP contribution < -0.4 is 5.32 Å². The summed E-state index contributed by atoms with van der Waals surface area (Å²) in [6.07, 6.45) is 3.59. The van der Waals surface area contributed by atoms with E-state index in [1.54, 1.807) is 6.20 Å². The van der Waals surface area contributed by atoms with Crippen LogP contribution in [0.4, 0.5) is 11.4 Å². The van der Waals surface area contributed by atoms with Gasteiger partial charge in [0.25, 0.3) is 0 Å². The van der Waals surface area contributed by atoms with Crippen LogP contribution in [0.15, 0.2) is 48.8 Å². The van der Waals surface area contributed by atoms with Gasteiger partial charge in [0.15, 0.2) is 0 Å². The van der Waals surface area contributed by atoms with E-state index in [2.05, 4.69) is 55.3 Å². The number of aromatic nitrogens is 1. The van der Waals surface area contributed by atoms with Crippen molar-refractivity contribution in [1.29, 1.82) is 0 Å². The van der Waals surface area contributed by atoms with Crippen molar-refractivity contribution in [2.75, 3.05) is 5.32 Å². The second-order valence-electron chi connectivity index (χ2n) is 5.19. The highest BCUT2D eigenvalue weighted by Crippen LogP contribution is 2.24. The molecule has 0 aliphatic rings. The lowest BCUT2D eigenvalue weighted by Gasteiger charge is -2.19. The Labute approximate surface area is 103 Å². The molecule has 0 aliphatic carbocycles. The van der Waals surface area contributed by atoms with Crippen molar-refractivity contribution in [2.45, 2.75) is 26.2 Å². The van der Waals surface area contributed by atoms with E-state index in [1.165, 1.54) is 5.56 Å². The first-order valence-corrected chi connectivity index (χ1v) is 5.83. The molecule has 0 spiro atoms. The van der Waals surface area contributed by atoms with E-state index in [0.717, 1.165) is 11.4 Å². The molecule has 2 aromatic rings. The Balaban J connectivity index is 2.14. The number of benzene rings is 1. The van der Waals surface area contributed by atoms with Gasteiger partial charge in [-0.05, 0) is 35.2 Å². The molecule has 1 heterocycles. The van der Waals surface area contributed by atoms with Gasteiger partial charge in [-0.15, -0.1) is 0 Å². The number of pyridine rings is 1. The third-order valence-electron chi connectivity index (χ3n) is 2.70. The van der Waals surface area contributed by atoms with E-state index in [1.807, 2.05) is 18.3 Å². The first kappa shape index (κ1) is 11.6. The zero-order valence-electron chi connectivity index (χ0n) is 10.6. The van der Waals surface area contributed by atoms with E-state index < -0.39 is 0 Å². The molecule has 0 saturated heterocycles. The van der Waals surface area contributed by atoms with Crippen LogP contribution in [-0.2, 0) is 5.41 Å². The predicted molar refractivity (Wildman–Crippen MR) is 72.7 cm³/mol. The van der Waals surface area contributed by atoms with Crippen LogP contribution in [0, 0.1) is 0 Å². The highest BCUT2D eigenvalue weighted by atomic mass is 14.9. The van der Waals surface area contributed by atoms with E-state index in [0.29, 0.717) is 0 Å². The molecule has 1 N–H and O–H groups in total. The Kier molecular flexibility index (Phi) is 3.14. The number of nitrogens with zero attached hydrogens (tertiary/aromatic N) is 1. The van der Waals surface area contributed by atoms with Gasteiger partial charge in [0.2, 0.25) is 0 Å². The van der Waals surface area contributed by atoms with Gasteiger partial charge < -0.3 is 5.32 Å². The van der Waals surface area contributed by atoms with E-state index >= 15 is 0 Å². The molecule has 2 rings (SSSR count). The zero-order chi connectivity index (χ0) is 12.3. The molecule has 0 bridgehead atoms. The van der Waals surface area contributed by atoms with Crippen LogP contribution in [-0.4, -0.2) is 4.98 Å². The number of nitrogens with one attached hydrogen (secondary N) is 1. The molecule has 88 valence electrons. The summed E-state index contributed by atoms with van der Waals surface area (Å²) < 4.78 is 0. The monoisotopic (exact) mass is 226 g/mol. The Bertz CT molecular complexity index is 467. The lowest BCUT2D eigenvalue weighted by Crippen LogP contribution is -2.10. The standard InChI is InChI=1S/C15H18N2/c1-15(2,3)12-6-8-13(9-7-12)17-14-5-4-10-16-11-14/h4-11,17H,1-3H3. The van der Waals surface area contributed by atoms with Gasteiger partial charge in [0.1, 0.15) is 0 Å². The summed E-state index contributed by atoms with van der Waals surface area (Å²) in [5, 5.41) is 3.32. The zero-order valence-corrected chi connectivity index (χ0v) is 10.6. The van der Waals surface area contributed by atoms with Gasteiger partial charge in [0, 0.05) is 11.9 Å². The quantitative estimate of drug-likeness (QED) is 0.833. The minimum Gasteiger partial charge on any atom is -0.354 e. The molecular weight excluding hydrogens is 208 g/mol. The maximum Gasteiger partial charge on any atom is 0.0570 e. The molecule has 0 amide bonds. The average molecular weight is 226 g/mol. The molecule has 1 aromatic heterocycles. The molecule has 1 aromatic carbocycles. The molecule has 0 atom stereocenters. The summed E-state index contributed by atoms with van der Waals surface area (Å²) in [5.74, 6) is 0. The predicted octanol–water partition coefficient (Wildman–Crippen LogP) is 4.12. The van der Waals surface area contributed by atoms with Gasteiger partial charge in [-0.2, -0.15) is 0 Å². The summed E-state index contributed by atoms with van der Waals surface area (Å²) in [6, 6.07) is 12.5. The molecule has 17 heavy (non-hydrogen) atoms. The SMILES string of the molecule is CC(C)(C)c1ccc(Nc2cccnc2)cc1.